The van der Waals surface area contributed by atoms with Crippen molar-refractivity contribution in [2.24, 2.45) is 0 Å². The summed E-state index contributed by atoms with van der Waals surface area (Å²) in [5.74, 6) is 2.11. The maximum absolute atomic E-state index is 13.4. The molecule has 3 aromatic carbocycles. The Morgan fingerprint density at radius 3 is 2.16 bits per heavy atom. The zero-order valence-electron chi connectivity index (χ0n) is 17.8. The number of benzene rings is 3. The molecule has 0 radical (unpaired) electrons. The minimum Gasteiger partial charge on any atom is -0.493 e. The van der Waals surface area contributed by atoms with Gasteiger partial charge in [0.1, 0.15) is 5.82 Å². The summed E-state index contributed by atoms with van der Waals surface area (Å²) in [6.07, 6.45) is 3.66. The van der Waals surface area contributed by atoms with E-state index in [4.69, 9.17) is 19.2 Å². The van der Waals surface area contributed by atoms with Crippen molar-refractivity contribution >= 4 is 39.0 Å². The first-order valence-electron chi connectivity index (χ1n) is 9.81. The van der Waals surface area contributed by atoms with Crippen LogP contribution in [0.1, 0.15) is 11.4 Å². The number of ether oxygens (including phenoxy) is 3. The predicted octanol–water partition coefficient (Wildman–Crippen LogP) is 5.34. The smallest absolute Gasteiger partial charge is 0.266 e. The molecular weight excluding hydrogens is 472 g/mol. The number of hydrogen-bond donors (Lipinski definition) is 0. The molecule has 0 aliphatic heterocycles. The van der Waals surface area contributed by atoms with Crippen molar-refractivity contribution in [3.8, 4) is 22.9 Å². The Morgan fingerprint density at radius 2 is 1.53 bits per heavy atom. The average Bonchev–Trinajstić information content (AvgIpc) is 2.82. The predicted molar refractivity (Wildman–Crippen MR) is 130 cm³/mol. The summed E-state index contributed by atoms with van der Waals surface area (Å²) in [5.41, 5.74) is 2.03. The van der Waals surface area contributed by atoms with Crippen molar-refractivity contribution in [3.05, 3.63) is 86.9 Å². The van der Waals surface area contributed by atoms with E-state index in [2.05, 4.69) is 15.9 Å². The largest absolute Gasteiger partial charge is 0.493 e. The van der Waals surface area contributed by atoms with E-state index in [1.165, 1.54) is 0 Å². The highest BCUT2D eigenvalue weighted by Gasteiger charge is 2.14. The average molecular weight is 493 g/mol. The molecule has 6 nitrogen and oxygen atoms in total. The van der Waals surface area contributed by atoms with Crippen LogP contribution in [0, 0.1) is 0 Å². The molecule has 4 rings (SSSR count). The molecule has 0 atom stereocenters. The van der Waals surface area contributed by atoms with Gasteiger partial charge in [0.15, 0.2) is 11.5 Å². The third-order valence-corrected chi connectivity index (χ3v) is 5.53. The van der Waals surface area contributed by atoms with Gasteiger partial charge in [0.25, 0.3) is 5.56 Å². The van der Waals surface area contributed by atoms with E-state index in [1.54, 1.807) is 38.0 Å². The minimum atomic E-state index is -0.137. The van der Waals surface area contributed by atoms with Crippen molar-refractivity contribution in [3.63, 3.8) is 0 Å². The zero-order valence-corrected chi connectivity index (χ0v) is 19.4. The van der Waals surface area contributed by atoms with Gasteiger partial charge in [-0.25, -0.2) is 4.98 Å². The van der Waals surface area contributed by atoms with Crippen LogP contribution in [0.2, 0.25) is 0 Å². The van der Waals surface area contributed by atoms with Crippen molar-refractivity contribution in [1.82, 2.24) is 9.55 Å². The summed E-state index contributed by atoms with van der Waals surface area (Å²) in [6.45, 7) is 0. The van der Waals surface area contributed by atoms with Gasteiger partial charge < -0.3 is 14.2 Å². The highest BCUT2D eigenvalue weighted by molar-refractivity contribution is 9.10. The Kier molecular flexibility index (Phi) is 6.28. The standard InChI is InChI=1S/C25H21BrN2O4/c1-30-21-14-16(15-22(31-2)24(21)32-3)8-13-23-27-20-7-5-4-6-19(20)25(29)28(23)18-11-9-17(26)10-12-18/h4-15H,1-3H3/b13-8+. The van der Waals surface area contributed by atoms with Crippen LogP contribution in [-0.4, -0.2) is 30.9 Å². The quantitative estimate of drug-likeness (QED) is 0.363. The fourth-order valence-electron chi connectivity index (χ4n) is 3.47. The molecule has 0 saturated carbocycles. The summed E-state index contributed by atoms with van der Waals surface area (Å²) in [5, 5.41) is 0.556. The molecular formula is C25H21BrN2O4. The maximum atomic E-state index is 13.4. The monoisotopic (exact) mass is 492 g/mol. The Morgan fingerprint density at radius 1 is 0.875 bits per heavy atom. The molecule has 0 aliphatic rings. The number of halogens is 1. The van der Waals surface area contributed by atoms with Gasteiger partial charge >= 0.3 is 0 Å². The van der Waals surface area contributed by atoms with Crippen molar-refractivity contribution < 1.29 is 14.2 Å². The first-order valence-corrected chi connectivity index (χ1v) is 10.6. The molecule has 1 aromatic heterocycles. The molecule has 0 amide bonds. The van der Waals surface area contributed by atoms with Crippen LogP contribution >= 0.6 is 15.9 Å². The third kappa shape index (κ3) is 4.11. The lowest BCUT2D eigenvalue weighted by atomic mass is 10.1. The second-order valence-electron chi connectivity index (χ2n) is 6.90. The first-order chi connectivity index (χ1) is 15.5. The highest BCUT2D eigenvalue weighted by atomic mass is 79.9. The van der Waals surface area contributed by atoms with Gasteiger partial charge in [-0.15, -0.1) is 0 Å². The van der Waals surface area contributed by atoms with Gasteiger partial charge in [0.05, 0.1) is 37.9 Å². The van der Waals surface area contributed by atoms with Crippen LogP contribution in [-0.2, 0) is 0 Å². The van der Waals surface area contributed by atoms with Gasteiger partial charge in [0, 0.05) is 4.47 Å². The topological polar surface area (TPSA) is 62.6 Å². The number of fused-ring (bicyclic) bond motifs is 1. The molecule has 1 heterocycles. The number of aromatic nitrogens is 2. The molecule has 162 valence electrons. The molecule has 0 spiro atoms. The van der Waals surface area contributed by atoms with Crippen molar-refractivity contribution in [2.75, 3.05) is 21.3 Å². The van der Waals surface area contributed by atoms with Crippen LogP contribution in [0.25, 0.3) is 28.7 Å². The second kappa shape index (κ2) is 9.28. The molecule has 0 aliphatic carbocycles. The van der Waals surface area contributed by atoms with E-state index < -0.39 is 0 Å². The normalized spacial score (nSPS) is 11.1. The van der Waals surface area contributed by atoms with E-state index in [9.17, 15) is 4.79 Å². The summed E-state index contributed by atoms with van der Waals surface area (Å²) in [6, 6.07) is 18.5. The minimum absolute atomic E-state index is 0.137. The molecule has 32 heavy (non-hydrogen) atoms. The summed E-state index contributed by atoms with van der Waals surface area (Å²) in [7, 11) is 4.70. The molecule has 0 unspecified atom stereocenters. The van der Waals surface area contributed by atoms with Gasteiger partial charge in [0.2, 0.25) is 5.75 Å². The summed E-state index contributed by atoms with van der Waals surface area (Å²) >= 11 is 3.44. The fraction of sp³-hybridized carbons (Fsp3) is 0.120. The lowest BCUT2D eigenvalue weighted by Crippen LogP contribution is -2.22. The number of nitrogens with zero attached hydrogens (tertiary/aromatic N) is 2. The Balaban J connectivity index is 1.89. The number of para-hydroxylation sites is 1. The molecule has 0 N–H and O–H groups in total. The summed E-state index contributed by atoms with van der Waals surface area (Å²) in [4.78, 5) is 18.1. The first kappa shape index (κ1) is 21.6. The maximum Gasteiger partial charge on any atom is 0.266 e. The Labute approximate surface area is 193 Å². The van der Waals surface area contributed by atoms with E-state index in [-0.39, 0.29) is 5.56 Å². The van der Waals surface area contributed by atoms with Gasteiger partial charge in [-0.2, -0.15) is 0 Å². The van der Waals surface area contributed by atoms with Crippen LogP contribution in [0.3, 0.4) is 0 Å². The fourth-order valence-corrected chi connectivity index (χ4v) is 3.73. The molecule has 0 bridgehead atoms. The van der Waals surface area contributed by atoms with Crippen LogP contribution in [0.5, 0.6) is 17.2 Å². The van der Waals surface area contributed by atoms with E-state index >= 15 is 0 Å². The third-order valence-electron chi connectivity index (χ3n) is 5.00. The van der Waals surface area contributed by atoms with Crippen LogP contribution in [0.15, 0.2) is 69.9 Å². The Bertz CT molecular complexity index is 1340. The molecule has 4 aromatic rings. The van der Waals surface area contributed by atoms with E-state index in [0.29, 0.717) is 34.0 Å². The van der Waals surface area contributed by atoms with Crippen molar-refractivity contribution in [1.29, 1.82) is 0 Å². The van der Waals surface area contributed by atoms with Gasteiger partial charge in [-0.3, -0.25) is 9.36 Å². The second-order valence-corrected chi connectivity index (χ2v) is 7.81. The number of methoxy groups -OCH3 is 3. The van der Waals surface area contributed by atoms with Gasteiger partial charge in [-0.1, -0.05) is 34.1 Å². The summed E-state index contributed by atoms with van der Waals surface area (Å²) < 4.78 is 18.8. The van der Waals surface area contributed by atoms with Crippen LogP contribution < -0.4 is 19.8 Å². The molecule has 0 saturated heterocycles. The lowest BCUT2D eigenvalue weighted by molar-refractivity contribution is 0.324. The number of rotatable bonds is 6. The van der Waals surface area contributed by atoms with E-state index in [0.717, 1.165) is 15.7 Å². The molecule has 0 fully saturated rings. The highest BCUT2D eigenvalue weighted by Crippen LogP contribution is 2.38. The lowest BCUT2D eigenvalue weighted by Gasteiger charge is -2.13. The molecule has 7 heteroatoms. The number of hydrogen-bond acceptors (Lipinski definition) is 5. The van der Waals surface area contributed by atoms with Crippen molar-refractivity contribution in [2.45, 2.75) is 0 Å². The van der Waals surface area contributed by atoms with Crippen LogP contribution in [0.4, 0.5) is 0 Å². The SMILES string of the molecule is COc1cc(/C=C/c2nc3ccccc3c(=O)n2-c2ccc(Br)cc2)cc(OC)c1OC. The van der Waals surface area contributed by atoms with Gasteiger partial charge in [-0.05, 0) is 60.2 Å². The Hall–Kier alpha value is -3.58. The zero-order chi connectivity index (χ0) is 22.7. The van der Waals surface area contributed by atoms with E-state index in [1.807, 2.05) is 60.7 Å².